The fourth-order valence-electron chi connectivity index (χ4n) is 4.40. The lowest BCUT2D eigenvalue weighted by Crippen LogP contribution is -2.54. The highest BCUT2D eigenvalue weighted by Gasteiger charge is 2.45. The summed E-state index contributed by atoms with van der Waals surface area (Å²) in [5, 5.41) is 9.10. The summed E-state index contributed by atoms with van der Waals surface area (Å²) < 4.78 is 40.1. The van der Waals surface area contributed by atoms with Crippen molar-refractivity contribution in [3.05, 3.63) is 76.5 Å². The van der Waals surface area contributed by atoms with Gasteiger partial charge in [-0.15, -0.1) is 0 Å². The van der Waals surface area contributed by atoms with Crippen LogP contribution in [0.4, 0.5) is 23.7 Å². The Labute approximate surface area is 192 Å². The number of carbonyl (C=O) groups is 3. The van der Waals surface area contributed by atoms with Crippen molar-refractivity contribution in [1.29, 1.82) is 5.26 Å². The van der Waals surface area contributed by atoms with Crippen LogP contribution in [0.5, 0.6) is 0 Å². The van der Waals surface area contributed by atoms with Gasteiger partial charge >= 0.3 is 12.2 Å². The minimum Gasteiger partial charge on any atom is -0.368 e. The lowest BCUT2D eigenvalue weighted by molar-refractivity contribution is -0.137. The van der Waals surface area contributed by atoms with Gasteiger partial charge in [-0.25, -0.2) is 4.79 Å². The Morgan fingerprint density at radius 2 is 1.82 bits per heavy atom. The van der Waals surface area contributed by atoms with Gasteiger partial charge in [0.15, 0.2) is 5.78 Å². The van der Waals surface area contributed by atoms with Gasteiger partial charge in [0.2, 0.25) is 5.91 Å². The van der Waals surface area contributed by atoms with E-state index < -0.39 is 36.3 Å². The molecule has 1 atom stereocenters. The smallest absolute Gasteiger partial charge is 0.368 e. The number of hydrogen-bond donors (Lipinski definition) is 1. The maximum absolute atomic E-state index is 13.7. The molecular weight excluding hydrogens is 449 g/mol. The molecule has 10 heteroatoms. The Kier molecular flexibility index (Phi) is 5.87. The fraction of sp³-hybridized carbons (Fsp3) is 0.250. The third kappa shape index (κ3) is 4.12. The monoisotopic (exact) mass is 468 g/mol. The summed E-state index contributed by atoms with van der Waals surface area (Å²) in [6, 6.07) is 10.7. The lowest BCUT2D eigenvalue weighted by Gasteiger charge is -2.45. The Hall–Kier alpha value is -4.13. The van der Waals surface area contributed by atoms with E-state index in [-0.39, 0.29) is 23.5 Å². The van der Waals surface area contributed by atoms with E-state index in [0.717, 1.165) is 21.9 Å². The van der Waals surface area contributed by atoms with Crippen LogP contribution in [0.25, 0.3) is 0 Å². The van der Waals surface area contributed by atoms with Crippen LogP contribution in [0.2, 0.25) is 0 Å². The van der Waals surface area contributed by atoms with Gasteiger partial charge in [-0.3, -0.25) is 14.5 Å². The molecule has 2 aromatic carbocycles. The van der Waals surface area contributed by atoms with Gasteiger partial charge in [-0.05, 0) is 48.7 Å². The number of allylic oxidation sites excluding steroid dienone is 1. The number of urea groups is 1. The van der Waals surface area contributed by atoms with Crippen LogP contribution >= 0.6 is 0 Å². The van der Waals surface area contributed by atoms with Gasteiger partial charge in [0.05, 0.1) is 28.9 Å². The number of anilines is 1. The molecule has 3 amide bonds. The SMILES string of the molecule is N#Cc1ccc(C2C3=C(CCCC3=O)N(c3cccc(C(F)(F)F)c3)C(=O)N2CC(N)=O)cc1. The number of ketones is 1. The number of Topliss-reactive ketones (excluding diaryl/α,β-unsaturated/α-hetero) is 1. The van der Waals surface area contributed by atoms with Crippen LogP contribution in [0.1, 0.15) is 42.0 Å². The second-order valence-corrected chi connectivity index (χ2v) is 8.03. The molecule has 0 spiro atoms. The number of nitriles is 1. The zero-order valence-electron chi connectivity index (χ0n) is 17.8. The van der Waals surface area contributed by atoms with Crippen LogP contribution < -0.4 is 10.6 Å². The number of nitrogens with two attached hydrogens (primary N) is 1. The molecule has 0 saturated carbocycles. The zero-order valence-corrected chi connectivity index (χ0v) is 17.8. The molecule has 1 unspecified atom stereocenters. The van der Waals surface area contributed by atoms with Crippen molar-refractivity contribution < 1.29 is 27.6 Å². The molecule has 0 saturated heterocycles. The number of alkyl halides is 3. The normalized spacial score (nSPS) is 18.6. The Morgan fingerprint density at radius 3 is 2.44 bits per heavy atom. The second kappa shape index (κ2) is 8.67. The number of nitrogens with zero attached hydrogens (tertiary/aromatic N) is 3. The van der Waals surface area contributed by atoms with Crippen molar-refractivity contribution in [2.45, 2.75) is 31.5 Å². The first-order chi connectivity index (χ1) is 16.1. The van der Waals surface area contributed by atoms with Gasteiger partial charge in [0, 0.05) is 17.7 Å². The number of amides is 3. The molecular formula is C24H19F3N4O3. The summed E-state index contributed by atoms with van der Waals surface area (Å²) in [5.74, 6) is -1.11. The first kappa shape index (κ1) is 23.0. The fourth-order valence-corrected chi connectivity index (χ4v) is 4.40. The molecule has 2 N–H and O–H groups in total. The van der Waals surface area contributed by atoms with Gasteiger partial charge in [0.1, 0.15) is 6.54 Å². The number of halogens is 3. The molecule has 34 heavy (non-hydrogen) atoms. The van der Waals surface area contributed by atoms with Crippen molar-refractivity contribution in [3.8, 4) is 6.07 Å². The van der Waals surface area contributed by atoms with Crippen LogP contribution in [0.15, 0.2) is 59.8 Å². The van der Waals surface area contributed by atoms with Gasteiger partial charge in [0.25, 0.3) is 0 Å². The summed E-state index contributed by atoms with van der Waals surface area (Å²) in [6.45, 7) is -0.553. The third-order valence-corrected chi connectivity index (χ3v) is 5.83. The van der Waals surface area contributed by atoms with E-state index >= 15 is 0 Å². The van der Waals surface area contributed by atoms with Crippen LogP contribution in [0.3, 0.4) is 0 Å². The molecule has 0 fully saturated rings. The van der Waals surface area contributed by atoms with Crippen molar-refractivity contribution in [1.82, 2.24) is 4.90 Å². The first-order valence-corrected chi connectivity index (χ1v) is 10.4. The minimum absolute atomic E-state index is 0.0604. The largest absolute Gasteiger partial charge is 0.416 e. The Bertz CT molecular complexity index is 1250. The maximum Gasteiger partial charge on any atom is 0.416 e. The standard InChI is InChI=1S/C24H19F3N4O3/c25-24(26,27)16-3-1-4-17(11-16)31-18-5-2-6-19(32)21(18)22(30(23(31)34)13-20(29)33)15-9-7-14(12-28)8-10-15/h1,3-4,7-11,22H,2,5-6,13H2,(H2,29,33). The van der Waals surface area contributed by atoms with Crippen LogP contribution in [-0.2, 0) is 15.8 Å². The van der Waals surface area contributed by atoms with Crippen molar-refractivity contribution in [2.75, 3.05) is 11.4 Å². The van der Waals surface area contributed by atoms with Crippen molar-refractivity contribution >= 4 is 23.4 Å². The molecule has 2 aliphatic rings. The van der Waals surface area contributed by atoms with Gasteiger partial charge in [-0.1, -0.05) is 18.2 Å². The minimum atomic E-state index is -4.63. The zero-order chi connectivity index (χ0) is 24.6. The van der Waals surface area contributed by atoms with Gasteiger partial charge in [-0.2, -0.15) is 18.4 Å². The van der Waals surface area contributed by atoms with E-state index in [9.17, 15) is 27.6 Å². The van der Waals surface area contributed by atoms with Gasteiger partial charge < -0.3 is 10.6 Å². The van der Waals surface area contributed by atoms with Crippen LogP contribution in [-0.4, -0.2) is 29.2 Å². The van der Waals surface area contributed by atoms with Crippen molar-refractivity contribution in [3.63, 3.8) is 0 Å². The number of hydrogen-bond acceptors (Lipinski definition) is 4. The molecule has 2 aromatic rings. The summed E-state index contributed by atoms with van der Waals surface area (Å²) in [4.78, 5) is 40.8. The maximum atomic E-state index is 13.7. The average Bonchev–Trinajstić information content (AvgIpc) is 2.79. The van der Waals surface area contributed by atoms with Crippen molar-refractivity contribution in [2.24, 2.45) is 5.73 Å². The molecule has 174 valence electrons. The molecule has 7 nitrogen and oxygen atoms in total. The highest BCUT2D eigenvalue weighted by atomic mass is 19.4. The third-order valence-electron chi connectivity index (χ3n) is 5.83. The number of primary amides is 1. The molecule has 1 aliphatic carbocycles. The Morgan fingerprint density at radius 1 is 1.12 bits per heavy atom. The average molecular weight is 468 g/mol. The topological polar surface area (TPSA) is 108 Å². The highest BCUT2D eigenvalue weighted by molar-refractivity contribution is 6.07. The number of carbonyl (C=O) groups excluding carboxylic acids is 3. The Balaban J connectivity index is 1.94. The quantitative estimate of drug-likeness (QED) is 0.730. The molecule has 0 aromatic heterocycles. The summed E-state index contributed by atoms with van der Waals surface area (Å²) in [6.07, 6.45) is -3.72. The molecule has 1 aliphatic heterocycles. The first-order valence-electron chi connectivity index (χ1n) is 10.4. The van der Waals surface area contributed by atoms with E-state index in [0.29, 0.717) is 29.7 Å². The molecule has 0 bridgehead atoms. The van der Waals surface area contributed by atoms with E-state index in [4.69, 9.17) is 11.0 Å². The van der Waals surface area contributed by atoms with E-state index in [1.807, 2.05) is 6.07 Å². The lowest BCUT2D eigenvalue weighted by atomic mass is 9.83. The second-order valence-electron chi connectivity index (χ2n) is 8.03. The molecule has 1 heterocycles. The van der Waals surface area contributed by atoms with E-state index in [2.05, 4.69) is 0 Å². The van der Waals surface area contributed by atoms with Crippen LogP contribution in [0, 0.1) is 11.3 Å². The predicted octanol–water partition coefficient (Wildman–Crippen LogP) is 4.05. The molecule has 4 rings (SSSR count). The summed E-state index contributed by atoms with van der Waals surface area (Å²) in [5.41, 5.74) is 5.77. The molecule has 0 radical (unpaired) electrons. The summed E-state index contributed by atoms with van der Waals surface area (Å²) in [7, 11) is 0. The number of benzene rings is 2. The highest BCUT2D eigenvalue weighted by Crippen LogP contribution is 2.44. The summed E-state index contributed by atoms with van der Waals surface area (Å²) >= 11 is 0. The van der Waals surface area contributed by atoms with E-state index in [1.54, 1.807) is 12.1 Å². The van der Waals surface area contributed by atoms with E-state index in [1.165, 1.54) is 24.3 Å². The predicted molar refractivity (Wildman–Crippen MR) is 115 cm³/mol. The number of rotatable bonds is 4.